The number of amides is 1. The Kier molecular flexibility index (Phi) is 4.53. The molecule has 1 aliphatic carbocycles. The Bertz CT molecular complexity index is 1150. The zero-order valence-electron chi connectivity index (χ0n) is 15.2. The van der Waals surface area contributed by atoms with E-state index in [2.05, 4.69) is 21.8 Å². The number of anilines is 1. The molecule has 2 heterocycles. The number of carbonyl (C=O) groups excluding carboxylic acids is 2. The first kappa shape index (κ1) is 17.7. The van der Waals surface area contributed by atoms with Crippen LogP contribution in [0.15, 0.2) is 36.8 Å². The molecule has 4 N–H and O–H groups in total. The van der Waals surface area contributed by atoms with Gasteiger partial charge in [0.1, 0.15) is 24.3 Å². The van der Waals surface area contributed by atoms with Crippen LogP contribution in [0.5, 0.6) is 0 Å². The maximum Gasteiger partial charge on any atom is 0.237 e. The van der Waals surface area contributed by atoms with Crippen LogP contribution in [0.25, 0.3) is 11.0 Å². The van der Waals surface area contributed by atoms with Gasteiger partial charge >= 0.3 is 0 Å². The third-order valence-corrected chi connectivity index (χ3v) is 4.71. The second-order valence-electron chi connectivity index (χ2n) is 7.00. The van der Waals surface area contributed by atoms with Crippen molar-refractivity contribution < 1.29 is 9.59 Å². The number of rotatable bonds is 5. The molecule has 1 aliphatic rings. The number of hydrogen-bond acceptors (Lipinski definition) is 5. The number of fused-ring (bicyclic) bond motifs is 1. The molecule has 0 saturated heterocycles. The summed E-state index contributed by atoms with van der Waals surface area (Å²) < 4.78 is 1.61. The Morgan fingerprint density at radius 3 is 2.79 bits per heavy atom. The van der Waals surface area contributed by atoms with E-state index in [1.807, 2.05) is 18.2 Å². The van der Waals surface area contributed by atoms with Crippen molar-refractivity contribution in [3.63, 3.8) is 0 Å². The number of nitrogens with two attached hydrogens (primary N) is 2. The molecule has 3 aromatic rings. The molecule has 1 amide bonds. The lowest BCUT2D eigenvalue weighted by atomic mass is 10.0. The number of nitrogen functional groups attached to an aromatic ring is 1. The fourth-order valence-electron chi connectivity index (χ4n) is 3.14. The van der Waals surface area contributed by atoms with E-state index in [0.29, 0.717) is 34.5 Å². The lowest BCUT2D eigenvalue weighted by molar-refractivity contribution is -0.118. The van der Waals surface area contributed by atoms with Crippen LogP contribution in [0.3, 0.4) is 0 Å². The van der Waals surface area contributed by atoms with Crippen molar-refractivity contribution in [2.75, 3.05) is 5.73 Å². The quantitative estimate of drug-likeness (QED) is 0.523. The van der Waals surface area contributed by atoms with Gasteiger partial charge in [0.25, 0.3) is 0 Å². The van der Waals surface area contributed by atoms with Crippen molar-refractivity contribution >= 4 is 28.5 Å². The van der Waals surface area contributed by atoms with E-state index in [-0.39, 0.29) is 18.1 Å². The zero-order chi connectivity index (χ0) is 19.7. The molecular formula is C21H19N5O2. The molecular weight excluding hydrogens is 354 g/mol. The largest absolute Gasteiger partial charge is 0.383 e. The van der Waals surface area contributed by atoms with E-state index >= 15 is 0 Å². The summed E-state index contributed by atoms with van der Waals surface area (Å²) in [5.41, 5.74) is 13.8. The molecule has 1 saturated carbocycles. The Labute approximate surface area is 161 Å². The van der Waals surface area contributed by atoms with Gasteiger partial charge in [0.05, 0.1) is 10.9 Å². The molecule has 0 bridgehead atoms. The van der Waals surface area contributed by atoms with Gasteiger partial charge in [-0.3, -0.25) is 9.59 Å². The van der Waals surface area contributed by atoms with Crippen molar-refractivity contribution in [1.82, 2.24) is 14.5 Å². The lowest BCUT2D eigenvalue weighted by Crippen LogP contribution is -2.18. The van der Waals surface area contributed by atoms with Gasteiger partial charge in [-0.25, -0.2) is 9.97 Å². The standard InChI is InChI=1S/C21H19N5O2/c22-18(28)11-26-10-16(19-20(23)24-12-25-21(19)26)7-6-13-2-1-3-15(8-13)17(27)9-14-4-5-14/h1-3,8,10,12,14H,4-5,9,11H2,(H2,22,28)(H2,23,24,25). The molecule has 140 valence electrons. The van der Waals surface area contributed by atoms with Gasteiger partial charge in [-0.15, -0.1) is 0 Å². The number of hydrogen-bond donors (Lipinski definition) is 2. The highest BCUT2D eigenvalue weighted by molar-refractivity contribution is 5.97. The highest BCUT2D eigenvalue weighted by atomic mass is 16.1. The highest BCUT2D eigenvalue weighted by Gasteiger charge is 2.24. The minimum Gasteiger partial charge on any atom is -0.383 e. The Balaban J connectivity index is 1.68. The van der Waals surface area contributed by atoms with Gasteiger partial charge in [-0.2, -0.15) is 0 Å². The predicted molar refractivity (Wildman–Crippen MR) is 105 cm³/mol. The van der Waals surface area contributed by atoms with Crippen LogP contribution in [0.1, 0.15) is 40.7 Å². The molecule has 1 aromatic carbocycles. The van der Waals surface area contributed by atoms with E-state index in [4.69, 9.17) is 11.5 Å². The second-order valence-corrected chi connectivity index (χ2v) is 7.00. The smallest absolute Gasteiger partial charge is 0.237 e. The Hall–Kier alpha value is -3.66. The Morgan fingerprint density at radius 1 is 1.21 bits per heavy atom. The molecule has 2 aromatic heterocycles. The minimum atomic E-state index is -0.490. The van der Waals surface area contributed by atoms with E-state index in [1.54, 1.807) is 16.8 Å². The topological polar surface area (TPSA) is 117 Å². The van der Waals surface area contributed by atoms with Crippen LogP contribution in [0.2, 0.25) is 0 Å². The molecule has 0 spiro atoms. The average Bonchev–Trinajstić information content (AvgIpc) is 3.41. The van der Waals surface area contributed by atoms with E-state index in [0.717, 1.165) is 18.4 Å². The molecule has 7 heteroatoms. The molecule has 28 heavy (non-hydrogen) atoms. The van der Waals surface area contributed by atoms with Crippen molar-refractivity contribution in [2.45, 2.75) is 25.8 Å². The van der Waals surface area contributed by atoms with Crippen LogP contribution in [0, 0.1) is 17.8 Å². The van der Waals surface area contributed by atoms with Crippen LogP contribution in [-0.2, 0) is 11.3 Å². The molecule has 7 nitrogen and oxygen atoms in total. The fourth-order valence-corrected chi connectivity index (χ4v) is 3.14. The number of nitrogens with zero attached hydrogens (tertiary/aromatic N) is 3. The van der Waals surface area contributed by atoms with Gasteiger partial charge in [-0.05, 0) is 30.9 Å². The number of aromatic nitrogens is 3. The van der Waals surface area contributed by atoms with Gasteiger partial charge in [0.2, 0.25) is 5.91 Å². The van der Waals surface area contributed by atoms with Crippen molar-refractivity contribution in [3.8, 4) is 11.8 Å². The number of ketones is 1. The van der Waals surface area contributed by atoms with Crippen LogP contribution in [-0.4, -0.2) is 26.2 Å². The highest BCUT2D eigenvalue weighted by Crippen LogP contribution is 2.33. The molecule has 4 rings (SSSR count). The van der Waals surface area contributed by atoms with Gasteiger partial charge < -0.3 is 16.0 Å². The molecule has 1 fully saturated rings. The monoisotopic (exact) mass is 373 g/mol. The first-order valence-electron chi connectivity index (χ1n) is 9.04. The van der Waals surface area contributed by atoms with Crippen LogP contribution >= 0.6 is 0 Å². The SMILES string of the molecule is NC(=O)Cn1cc(C#Cc2cccc(C(=O)CC3CC3)c2)c2c(N)ncnc21. The van der Waals surface area contributed by atoms with E-state index < -0.39 is 5.91 Å². The number of primary amides is 1. The van der Waals surface area contributed by atoms with E-state index in [9.17, 15) is 9.59 Å². The average molecular weight is 373 g/mol. The molecule has 0 aliphatic heterocycles. The maximum atomic E-state index is 12.3. The maximum absolute atomic E-state index is 12.3. The summed E-state index contributed by atoms with van der Waals surface area (Å²) in [4.78, 5) is 31.8. The minimum absolute atomic E-state index is 0.0280. The van der Waals surface area contributed by atoms with Crippen molar-refractivity contribution in [3.05, 3.63) is 53.5 Å². The van der Waals surface area contributed by atoms with Gasteiger partial charge in [0, 0.05) is 23.7 Å². The third-order valence-electron chi connectivity index (χ3n) is 4.71. The summed E-state index contributed by atoms with van der Waals surface area (Å²) in [6.07, 6.45) is 5.91. The van der Waals surface area contributed by atoms with Crippen LogP contribution in [0.4, 0.5) is 5.82 Å². The predicted octanol–water partition coefficient (Wildman–Crippen LogP) is 1.88. The molecule has 0 atom stereocenters. The van der Waals surface area contributed by atoms with E-state index in [1.165, 1.54) is 6.33 Å². The summed E-state index contributed by atoms with van der Waals surface area (Å²) in [5, 5.41) is 0.581. The fraction of sp³-hybridized carbons (Fsp3) is 0.238. The first-order chi connectivity index (χ1) is 13.5. The normalized spacial score (nSPS) is 13.1. The van der Waals surface area contributed by atoms with Crippen molar-refractivity contribution in [2.24, 2.45) is 11.7 Å². The zero-order valence-corrected chi connectivity index (χ0v) is 15.2. The first-order valence-corrected chi connectivity index (χ1v) is 9.04. The number of Topliss-reactive ketones (excluding diaryl/α,β-unsaturated/α-hetero) is 1. The van der Waals surface area contributed by atoms with Crippen LogP contribution < -0.4 is 11.5 Å². The molecule has 0 unspecified atom stereocenters. The molecule has 0 radical (unpaired) electrons. The number of benzene rings is 1. The summed E-state index contributed by atoms with van der Waals surface area (Å²) in [7, 11) is 0. The summed E-state index contributed by atoms with van der Waals surface area (Å²) >= 11 is 0. The van der Waals surface area contributed by atoms with Gasteiger partial charge in [-0.1, -0.05) is 24.0 Å². The second kappa shape index (κ2) is 7.16. The number of carbonyl (C=O) groups is 2. The lowest BCUT2D eigenvalue weighted by Gasteiger charge is -2.00. The Morgan fingerprint density at radius 2 is 2.04 bits per heavy atom. The van der Waals surface area contributed by atoms with Crippen molar-refractivity contribution in [1.29, 1.82) is 0 Å². The summed E-state index contributed by atoms with van der Waals surface area (Å²) in [6.45, 7) is -0.0280. The van der Waals surface area contributed by atoms with Gasteiger partial charge in [0.15, 0.2) is 5.78 Å². The third kappa shape index (κ3) is 3.71. The summed E-state index contributed by atoms with van der Waals surface area (Å²) in [5.74, 6) is 6.62. The summed E-state index contributed by atoms with van der Waals surface area (Å²) in [6, 6.07) is 7.31.